The second-order valence-corrected chi connectivity index (χ2v) is 4.94. The summed E-state index contributed by atoms with van der Waals surface area (Å²) in [5.74, 6) is -2.01. The molecule has 0 radical (unpaired) electrons. The topological polar surface area (TPSA) is 108 Å². The van der Waals surface area contributed by atoms with Crippen LogP contribution in [0, 0.1) is 11.8 Å². The molecule has 7 heteroatoms. The maximum atomic E-state index is 12.0. The summed E-state index contributed by atoms with van der Waals surface area (Å²) in [6, 6.07) is -0.882. The number of rotatable bonds is 7. The molecule has 1 heterocycles. The Morgan fingerprint density at radius 2 is 2.15 bits per heavy atom. The zero-order valence-electron chi connectivity index (χ0n) is 11.9. The molecule has 0 aromatic carbocycles. The number of primary amides is 1. The quantitative estimate of drug-likeness (QED) is 0.618. The zero-order valence-corrected chi connectivity index (χ0v) is 11.9. The number of carbonyl (C=O) groups is 3. The van der Waals surface area contributed by atoms with Crippen LogP contribution in [0.5, 0.6) is 0 Å². The van der Waals surface area contributed by atoms with Crippen LogP contribution in [0.25, 0.3) is 0 Å². The van der Waals surface area contributed by atoms with E-state index in [4.69, 9.17) is 15.2 Å². The first-order valence-electron chi connectivity index (χ1n) is 6.78. The Bertz CT molecular complexity index is 366. The first-order valence-corrected chi connectivity index (χ1v) is 6.78. The van der Waals surface area contributed by atoms with Gasteiger partial charge in [0.1, 0.15) is 6.04 Å². The van der Waals surface area contributed by atoms with E-state index < -0.39 is 23.8 Å². The third-order valence-corrected chi connectivity index (χ3v) is 3.27. The fourth-order valence-electron chi connectivity index (χ4n) is 2.11. The summed E-state index contributed by atoms with van der Waals surface area (Å²) >= 11 is 0. The van der Waals surface area contributed by atoms with Gasteiger partial charge in [0.25, 0.3) is 0 Å². The molecule has 0 aromatic heterocycles. The third kappa shape index (κ3) is 4.80. The van der Waals surface area contributed by atoms with Gasteiger partial charge in [-0.3, -0.25) is 14.4 Å². The van der Waals surface area contributed by atoms with Crippen LogP contribution in [-0.4, -0.2) is 43.6 Å². The van der Waals surface area contributed by atoms with E-state index in [2.05, 4.69) is 5.32 Å². The SMILES string of the molecule is CCOC(=O)C[C@H](C)[C@@H](NC(=O)[C@@H]1CCOC1)C(N)=O. The molecule has 1 saturated heterocycles. The second kappa shape index (κ2) is 7.84. The largest absolute Gasteiger partial charge is 0.466 e. The Morgan fingerprint density at radius 3 is 2.65 bits per heavy atom. The number of hydrogen-bond donors (Lipinski definition) is 2. The van der Waals surface area contributed by atoms with Crippen molar-refractivity contribution in [3.63, 3.8) is 0 Å². The highest BCUT2D eigenvalue weighted by Crippen LogP contribution is 2.15. The smallest absolute Gasteiger partial charge is 0.306 e. The molecule has 1 aliphatic rings. The van der Waals surface area contributed by atoms with Gasteiger partial charge in [0.15, 0.2) is 0 Å². The molecule has 3 N–H and O–H groups in total. The molecule has 0 bridgehead atoms. The van der Waals surface area contributed by atoms with Crippen LogP contribution in [-0.2, 0) is 23.9 Å². The summed E-state index contributed by atoms with van der Waals surface area (Å²) < 4.78 is 9.95. The molecule has 7 nitrogen and oxygen atoms in total. The van der Waals surface area contributed by atoms with Crippen molar-refractivity contribution < 1.29 is 23.9 Å². The number of hydrogen-bond acceptors (Lipinski definition) is 5. The van der Waals surface area contributed by atoms with Crippen molar-refractivity contribution in [3.05, 3.63) is 0 Å². The van der Waals surface area contributed by atoms with Crippen LogP contribution >= 0.6 is 0 Å². The minimum absolute atomic E-state index is 0.0306. The molecular weight excluding hydrogens is 264 g/mol. The van der Waals surface area contributed by atoms with Crippen LogP contribution in [0.3, 0.4) is 0 Å². The summed E-state index contributed by atoms with van der Waals surface area (Å²) in [7, 11) is 0. The van der Waals surface area contributed by atoms with E-state index in [0.29, 0.717) is 19.6 Å². The number of nitrogens with one attached hydrogen (secondary N) is 1. The lowest BCUT2D eigenvalue weighted by Gasteiger charge is -2.23. The van der Waals surface area contributed by atoms with Gasteiger partial charge in [-0.05, 0) is 19.3 Å². The number of amides is 2. The van der Waals surface area contributed by atoms with Gasteiger partial charge < -0.3 is 20.5 Å². The van der Waals surface area contributed by atoms with Crippen LogP contribution < -0.4 is 11.1 Å². The van der Waals surface area contributed by atoms with E-state index in [0.717, 1.165) is 0 Å². The summed E-state index contributed by atoms with van der Waals surface area (Å²) in [5, 5.41) is 2.60. The standard InChI is InChI=1S/C13H22N2O5/c1-3-20-10(16)6-8(2)11(12(14)17)15-13(18)9-4-5-19-7-9/h8-9,11H,3-7H2,1-2H3,(H2,14,17)(H,15,18)/t8-,9+,11+/m0/s1. The van der Waals surface area contributed by atoms with E-state index in [1.54, 1.807) is 13.8 Å². The van der Waals surface area contributed by atoms with Crippen LogP contribution in [0.2, 0.25) is 0 Å². The van der Waals surface area contributed by atoms with E-state index in [9.17, 15) is 14.4 Å². The molecule has 1 aliphatic heterocycles. The second-order valence-electron chi connectivity index (χ2n) is 4.94. The lowest BCUT2D eigenvalue weighted by molar-refractivity contribution is -0.145. The first-order chi connectivity index (χ1) is 9.45. The average Bonchev–Trinajstić information content (AvgIpc) is 2.89. The first kappa shape index (κ1) is 16.4. The van der Waals surface area contributed by atoms with Gasteiger partial charge in [-0.2, -0.15) is 0 Å². The van der Waals surface area contributed by atoms with Crippen molar-refractivity contribution in [2.24, 2.45) is 17.6 Å². The van der Waals surface area contributed by atoms with E-state index in [-0.39, 0.29) is 24.9 Å². The van der Waals surface area contributed by atoms with Crippen molar-refractivity contribution in [2.45, 2.75) is 32.7 Å². The van der Waals surface area contributed by atoms with Gasteiger partial charge in [0.2, 0.25) is 11.8 Å². The maximum Gasteiger partial charge on any atom is 0.306 e. The van der Waals surface area contributed by atoms with Crippen LogP contribution in [0.1, 0.15) is 26.7 Å². The average molecular weight is 286 g/mol. The molecule has 1 rings (SSSR count). The molecule has 3 atom stereocenters. The summed E-state index contributed by atoms with van der Waals surface area (Å²) in [4.78, 5) is 34.8. The number of carbonyl (C=O) groups excluding carboxylic acids is 3. The normalized spacial score (nSPS) is 21.0. The molecule has 1 fully saturated rings. The summed E-state index contributed by atoms with van der Waals surface area (Å²) in [5.41, 5.74) is 5.30. The van der Waals surface area contributed by atoms with Gasteiger partial charge in [-0.15, -0.1) is 0 Å². The van der Waals surface area contributed by atoms with Gasteiger partial charge in [0.05, 0.1) is 25.6 Å². The molecule has 0 unspecified atom stereocenters. The molecule has 0 aromatic rings. The predicted octanol–water partition coefficient (Wildman–Crippen LogP) is -0.418. The van der Waals surface area contributed by atoms with Gasteiger partial charge in [0, 0.05) is 6.61 Å². The summed E-state index contributed by atoms with van der Waals surface area (Å²) in [6.45, 7) is 4.55. The van der Waals surface area contributed by atoms with Crippen molar-refractivity contribution in [1.29, 1.82) is 0 Å². The predicted molar refractivity (Wildman–Crippen MR) is 70.5 cm³/mol. The van der Waals surface area contributed by atoms with E-state index in [1.165, 1.54) is 0 Å². The van der Waals surface area contributed by atoms with Crippen LogP contribution in [0.4, 0.5) is 0 Å². The number of ether oxygens (including phenoxy) is 2. The van der Waals surface area contributed by atoms with Crippen molar-refractivity contribution in [2.75, 3.05) is 19.8 Å². The minimum Gasteiger partial charge on any atom is -0.466 e. The number of esters is 1. The molecule has 0 aliphatic carbocycles. The molecule has 0 saturated carbocycles. The fraction of sp³-hybridized carbons (Fsp3) is 0.769. The van der Waals surface area contributed by atoms with Gasteiger partial charge >= 0.3 is 5.97 Å². The Kier molecular flexibility index (Phi) is 6.44. The molecular formula is C13H22N2O5. The van der Waals surface area contributed by atoms with Gasteiger partial charge in [-0.1, -0.05) is 6.92 Å². The fourth-order valence-corrected chi connectivity index (χ4v) is 2.11. The monoisotopic (exact) mass is 286 g/mol. The Hall–Kier alpha value is -1.63. The third-order valence-electron chi connectivity index (χ3n) is 3.27. The van der Waals surface area contributed by atoms with Crippen LogP contribution in [0.15, 0.2) is 0 Å². The molecule has 114 valence electrons. The number of nitrogens with two attached hydrogens (primary N) is 1. The minimum atomic E-state index is -0.882. The van der Waals surface area contributed by atoms with Gasteiger partial charge in [-0.25, -0.2) is 0 Å². The highest BCUT2D eigenvalue weighted by molar-refractivity contribution is 5.88. The lowest BCUT2D eigenvalue weighted by atomic mass is 9.96. The molecule has 0 spiro atoms. The van der Waals surface area contributed by atoms with E-state index >= 15 is 0 Å². The van der Waals surface area contributed by atoms with Crippen molar-refractivity contribution in [3.8, 4) is 0 Å². The Labute approximate surface area is 118 Å². The highest BCUT2D eigenvalue weighted by atomic mass is 16.5. The molecule has 20 heavy (non-hydrogen) atoms. The maximum absolute atomic E-state index is 12.0. The van der Waals surface area contributed by atoms with E-state index in [1.807, 2.05) is 0 Å². The lowest BCUT2D eigenvalue weighted by Crippen LogP contribution is -2.50. The Balaban J connectivity index is 2.56. The zero-order chi connectivity index (χ0) is 15.1. The molecule has 2 amide bonds. The van der Waals surface area contributed by atoms with Crippen molar-refractivity contribution >= 4 is 17.8 Å². The van der Waals surface area contributed by atoms with Crippen molar-refractivity contribution in [1.82, 2.24) is 5.32 Å². The Morgan fingerprint density at radius 1 is 1.45 bits per heavy atom. The summed E-state index contributed by atoms with van der Waals surface area (Å²) in [6.07, 6.45) is 0.659. The highest BCUT2D eigenvalue weighted by Gasteiger charge is 2.31.